The number of carbonyl (C=O) groups is 2. The van der Waals surface area contributed by atoms with Crippen molar-refractivity contribution in [2.24, 2.45) is 5.73 Å². The van der Waals surface area contributed by atoms with Gasteiger partial charge in [-0.25, -0.2) is 0 Å². The summed E-state index contributed by atoms with van der Waals surface area (Å²) in [5, 5.41) is 20.9. The molecule has 1 aliphatic rings. The zero-order valence-electron chi connectivity index (χ0n) is 16.8. The molecule has 0 saturated carbocycles. The van der Waals surface area contributed by atoms with Crippen LogP contribution in [0.1, 0.15) is 23.6 Å². The highest BCUT2D eigenvalue weighted by atomic mass is 16.5. The fourth-order valence-electron chi connectivity index (χ4n) is 3.49. The van der Waals surface area contributed by atoms with Crippen molar-refractivity contribution >= 4 is 17.4 Å². The SMILES string of the molecule is COc1ccc(C(O)=C2C(=O)C(=O)N(CCCN)C2c2ccc(O)c(OC)c2)cc1. The van der Waals surface area contributed by atoms with Gasteiger partial charge in [0.1, 0.15) is 11.5 Å². The number of hydrogen-bond donors (Lipinski definition) is 3. The number of methoxy groups -OCH3 is 2. The van der Waals surface area contributed by atoms with Gasteiger partial charge in [-0.05, 0) is 54.9 Å². The number of phenolic OH excluding ortho intramolecular Hbond substituents is 1. The Balaban J connectivity index is 2.16. The van der Waals surface area contributed by atoms with Gasteiger partial charge in [-0.1, -0.05) is 6.07 Å². The molecule has 158 valence electrons. The van der Waals surface area contributed by atoms with Crippen molar-refractivity contribution in [1.82, 2.24) is 4.90 Å². The third-order valence-electron chi connectivity index (χ3n) is 5.03. The molecule has 8 heteroatoms. The van der Waals surface area contributed by atoms with Crippen LogP contribution < -0.4 is 15.2 Å². The number of aromatic hydroxyl groups is 1. The Morgan fingerprint density at radius 3 is 2.40 bits per heavy atom. The second-order valence-corrected chi connectivity index (χ2v) is 6.79. The number of hydrogen-bond acceptors (Lipinski definition) is 7. The zero-order chi connectivity index (χ0) is 21.8. The lowest BCUT2D eigenvalue weighted by atomic mass is 9.95. The van der Waals surface area contributed by atoms with Crippen LogP contribution in [-0.2, 0) is 9.59 Å². The number of nitrogens with zero attached hydrogens (tertiary/aromatic N) is 1. The summed E-state index contributed by atoms with van der Waals surface area (Å²) in [6.45, 7) is 0.585. The predicted octanol–water partition coefficient (Wildman–Crippen LogP) is 2.18. The number of likely N-dealkylation sites (tertiary alicyclic amines) is 1. The van der Waals surface area contributed by atoms with E-state index in [9.17, 15) is 19.8 Å². The minimum Gasteiger partial charge on any atom is -0.507 e. The number of Topliss-reactive ketones (excluding diaryl/α,β-unsaturated/α-hetero) is 1. The van der Waals surface area contributed by atoms with Crippen LogP contribution in [0.15, 0.2) is 48.0 Å². The first kappa shape index (κ1) is 21.2. The first-order valence-corrected chi connectivity index (χ1v) is 9.42. The maximum absolute atomic E-state index is 12.9. The molecule has 2 aromatic rings. The molecule has 4 N–H and O–H groups in total. The minimum atomic E-state index is -0.840. The van der Waals surface area contributed by atoms with Crippen molar-refractivity contribution in [3.8, 4) is 17.2 Å². The van der Waals surface area contributed by atoms with Crippen molar-refractivity contribution in [3.05, 3.63) is 59.2 Å². The van der Waals surface area contributed by atoms with Crippen LogP contribution in [0, 0.1) is 0 Å². The molecule has 1 unspecified atom stereocenters. The monoisotopic (exact) mass is 412 g/mol. The first-order valence-electron chi connectivity index (χ1n) is 9.42. The number of rotatable bonds is 7. The molecule has 1 aliphatic heterocycles. The summed E-state index contributed by atoms with van der Waals surface area (Å²) in [6.07, 6.45) is 0.487. The normalized spacial score (nSPS) is 18.0. The van der Waals surface area contributed by atoms with E-state index in [0.717, 1.165) is 0 Å². The number of carbonyl (C=O) groups excluding carboxylic acids is 2. The fraction of sp³-hybridized carbons (Fsp3) is 0.273. The molecule has 0 bridgehead atoms. The summed E-state index contributed by atoms with van der Waals surface area (Å²) in [5.41, 5.74) is 6.47. The van der Waals surface area contributed by atoms with Gasteiger partial charge in [-0.3, -0.25) is 9.59 Å². The molecule has 0 aliphatic carbocycles. The van der Waals surface area contributed by atoms with Crippen LogP contribution in [0.25, 0.3) is 5.76 Å². The van der Waals surface area contributed by atoms with Gasteiger partial charge in [-0.2, -0.15) is 0 Å². The van der Waals surface area contributed by atoms with Gasteiger partial charge in [0.05, 0.1) is 25.8 Å². The van der Waals surface area contributed by atoms with Crippen LogP contribution in [0.4, 0.5) is 0 Å². The lowest BCUT2D eigenvalue weighted by Crippen LogP contribution is -2.31. The number of phenols is 1. The lowest BCUT2D eigenvalue weighted by Gasteiger charge is -2.25. The largest absolute Gasteiger partial charge is 0.507 e. The zero-order valence-corrected chi connectivity index (χ0v) is 16.8. The number of ether oxygens (including phenoxy) is 2. The second kappa shape index (κ2) is 8.87. The second-order valence-electron chi connectivity index (χ2n) is 6.79. The molecule has 1 heterocycles. The molecule has 30 heavy (non-hydrogen) atoms. The number of nitrogens with two attached hydrogens (primary N) is 1. The highest BCUT2D eigenvalue weighted by Gasteiger charge is 2.45. The summed E-state index contributed by atoms with van der Waals surface area (Å²) < 4.78 is 10.3. The van der Waals surface area contributed by atoms with Crippen molar-refractivity contribution in [2.75, 3.05) is 27.3 Å². The maximum atomic E-state index is 12.9. The highest BCUT2D eigenvalue weighted by Crippen LogP contribution is 2.41. The van der Waals surface area contributed by atoms with Crippen molar-refractivity contribution in [3.63, 3.8) is 0 Å². The van der Waals surface area contributed by atoms with Gasteiger partial charge in [0, 0.05) is 12.1 Å². The molecule has 0 aromatic heterocycles. The summed E-state index contributed by atoms with van der Waals surface area (Å²) in [5.74, 6) is -1.07. The molecule has 1 atom stereocenters. The molecule has 3 rings (SSSR count). The molecule has 0 spiro atoms. The summed E-state index contributed by atoms with van der Waals surface area (Å²) in [4.78, 5) is 27.0. The number of ketones is 1. The van der Waals surface area contributed by atoms with Crippen molar-refractivity contribution in [1.29, 1.82) is 0 Å². The minimum absolute atomic E-state index is 0.0325. The Morgan fingerprint density at radius 2 is 1.80 bits per heavy atom. The van der Waals surface area contributed by atoms with Gasteiger partial charge in [0.15, 0.2) is 11.5 Å². The van der Waals surface area contributed by atoms with Crippen molar-refractivity contribution < 1.29 is 29.3 Å². The number of aliphatic hydroxyl groups is 1. The van der Waals surface area contributed by atoms with Crippen LogP contribution in [0.2, 0.25) is 0 Å². The average molecular weight is 412 g/mol. The molecule has 1 fully saturated rings. The quantitative estimate of drug-likeness (QED) is 0.362. The Kier molecular flexibility index (Phi) is 6.27. The van der Waals surface area contributed by atoms with Crippen LogP contribution >= 0.6 is 0 Å². The molecule has 0 radical (unpaired) electrons. The molecular weight excluding hydrogens is 388 g/mol. The van der Waals surface area contributed by atoms with Gasteiger partial charge >= 0.3 is 0 Å². The average Bonchev–Trinajstić information content (AvgIpc) is 3.02. The van der Waals surface area contributed by atoms with E-state index >= 15 is 0 Å². The molecular formula is C22H24N2O6. The standard InChI is InChI=1S/C22H24N2O6/c1-29-15-7-4-13(5-8-15)20(26)18-19(14-6-9-16(25)17(12-14)30-2)24(11-3-10-23)22(28)21(18)27/h4-9,12,19,25-26H,3,10-11,23H2,1-2H3. The van der Waals surface area contributed by atoms with Crippen molar-refractivity contribution in [2.45, 2.75) is 12.5 Å². The van der Waals surface area contributed by atoms with E-state index in [1.54, 1.807) is 36.4 Å². The summed E-state index contributed by atoms with van der Waals surface area (Å²) in [7, 11) is 2.93. The maximum Gasteiger partial charge on any atom is 0.295 e. The molecule has 2 aromatic carbocycles. The van der Waals surface area contributed by atoms with E-state index < -0.39 is 17.7 Å². The fourth-order valence-corrected chi connectivity index (χ4v) is 3.49. The van der Waals surface area contributed by atoms with E-state index in [1.165, 1.54) is 25.2 Å². The molecule has 1 amide bonds. The third kappa shape index (κ3) is 3.81. The summed E-state index contributed by atoms with van der Waals surface area (Å²) in [6, 6.07) is 10.2. The molecule has 1 saturated heterocycles. The first-order chi connectivity index (χ1) is 14.4. The number of amides is 1. The highest BCUT2D eigenvalue weighted by molar-refractivity contribution is 6.46. The predicted molar refractivity (Wildman–Crippen MR) is 110 cm³/mol. The van der Waals surface area contributed by atoms with Gasteiger partial charge in [0.2, 0.25) is 0 Å². The third-order valence-corrected chi connectivity index (χ3v) is 5.03. The lowest BCUT2D eigenvalue weighted by molar-refractivity contribution is -0.139. The van der Waals surface area contributed by atoms with E-state index in [1.807, 2.05) is 0 Å². The van der Waals surface area contributed by atoms with Crippen LogP contribution in [0.5, 0.6) is 17.2 Å². The molecule has 8 nitrogen and oxygen atoms in total. The van der Waals surface area contributed by atoms with E-state index in [-0.39, 0.29) is 29.4 Å². The number of benzene rings is 2. The summed E-state index contributed by atoms with van der Waals surface area (Å²) >= 11 is 0. The van der Waals surface area contributed by atoms with Crippen LogP contribution in [0.3, 0.4) is 0 Å². The Bertz CT molecular complexity index is 984. The van der Waals surface area contributed by atoms with Gasteiger partial charge < -0.3 is 30.3 Å². The van der Waals surface area contributed by atoms with Gasteiger partial charge in [-0.15, -0.1) is 0 Å². The van der Waals surface area contributed by atoms with E-state index in [0.29, 0.717) is 29.8 Å². The van der Waals surface area contributed by atoms with E-state index in [2.05, 4.69) is 0 Å². The Hall–Kier alpha value is -3.52. The Labute approximate surface area is 174 Å². The number of aliphatic hydroxyl groups excluding tert-OH is 1. The van der Waals surface area contributed by atoms with Crippen LogP contribution in [-0.4, -0.2) is 54.1 Å². The smallest absolute Gasteiger partial charge is 0.295 e. The Morgan fingerprint density at radius 1 is 1.10 bits per heavy atom. The van der Waals surface area contributed by atoms with Gasteiger partial charge in [0.25, 0.3) is 11.7 Å². The van der Waals surface area contributed by atoms with E-state index in [4.69, 9.17) is 15.2 Å². The topological polar surface area (TPSA) is 122 Å².